The fraction of sp³-hybridized carbons (Fsp3) is 0.250. The highest BCUT2D eigenvalue weighted by Crippen LogP contribution is 2.45. The number of carbonyl (C=O) groups excluding carboxylic acids is 1. The zero-order valence-electron chi connectivity index (χ0n) is 18.4. The molecule has 3 aromatic carbocycles. The van der Waals surface area contributed by atoms with Gasteiger partial charge in [-0.3, -0.25) is 4.90 Å². The third-order valence-corrected chi connectivity index (χ3v) is 7.34. The number of amides is 1. The van der Waals surface area contributed by atoms with Gasteiger partial charge in [0.15, 0.2) is 0 Å². The fourth-order valence-electron chi connectivity index (χ4n) is 5.54. The Balaban J connectivity index is 1.24. The molecule has 0 aromatic heterocycles. The summed E-state index contributed by atoms with van der Waals surface area (Å²) in [6.07, 6.45) is 1.98. The molecular formula is C28H23ClFNO3. The highest BCUT2D eigenvalue weighted by molar-refractivity contribution is 6.32. The van der Waals surface area contributed by atoms with Crippen LogP contribution in [-0.2, 0) is 9.47 Å². The molecule has 1 aliphatic carbocycles. The highest BCUT2D eigenvalue weighted by atomic mass is 35.5. The zero-order chi connectivity index (χ0) is 23.2. The Morgan fingerprint density at radius 2 is 1.71 bits per heavy atom. The van der Waals surface area contributed by atoms with Crippen LogP contribution in [0.25, 0.3) is 16.7 Å². The first kappa shape index (κ1) is 21.4. The third kappa shape index (κ3) is 3.51. The lowest BCUT2D eigenvalue weighted by Gasteiger charge is -2.44. The van der Waals surface area contributed by atoms with Crippen molar-refractivity contribution in [3.8, 4) is 11.1 Å². The number of carbonyl (C=O) groups is 1. The smallest absolute Gasteiger partial charge is 0.410 e. The van der Waals surface area contributed by atoms with Crippen molar-refractivity contribution in [3.05, 3.63) is 100 Å². The van der Waals surface area contributed by atoms with E-state index in [9.17, 15) is 9.18 Å². The molecule has 0 spiro atoms. The molecule has 34 heavy (non-hydrogen) atoms. The second-order valence-corrected chi connectivity index (χ2v) is 9.37. The van der Waals surface area contributed by atoms with Gasteiger partial charge in [-0.15, -0.1) is 0 Å². The normalized spacial score (nSPS) is 21.0. The SMILES string of the molecule is O=C(OCC1c2ccccc2-c2ccccc21)N1C2C=C(c3c(F)cccc3Cl)CC1COC2. The minimum absolute atomic E-state index is 0.000514. The summed E-state index contributed by atoms with van der Waals surface area (Å²) in [5, 5.41) is 0.375. The lowest BCUT2D eigenvalue weighted by Crippen LogP contribution is -2.56. The monoisotopic (exact) mass is 475 g/mol. The van der Waals surface area contributed by atoms with Crippen LogP contribution in [-0.4, -0.2) is 42.9 Å². The van der Waals surface area contributed by atoms with Crippen molar-refractivity contribution in [3.63, 3.8) is 0 Å². The largest absolute Gasteiger partial charge is 0.448 e. The molecular weight excluding hydrogens is 453 g/mol. The van der Waals surface area contributed by atoms with Crippen molar-refractivity contribution in [1.29, 1.82) is 0 Å². The Morgan fingerprint density at radius 3 is 2.38 bits per heavy atom. The van der Waals surface area contributed by atoms with Crippen LogP contribution in [0.5, 0.6) is 0 Å². The summed E-state index contributed by atoms with van der Waals surface area (Å²) in [6.45, 7) is 0.986. The van der Waals surface area contributed by atoms with Gasteiger partial charge in [-0.2, -0.15) is 0 Å². The second-order valence-electron chi connectivity index (χ2n) is 8.96. The Kier molecular flexibility index (Phi) is 5.39. The maximum Gasteiger partial charge on any atom is 0.410 e. The standard InChI is InChI=1S/C28H23ClFNO3/c29-25-10-5-11-26(30)27(25)17-12-18-14-33-15-19(13-17)31(18)28(32)34-16-24-22-8-3-1-6-20(22)21-7-2-4-9-23(21)24/h1-12,18-19,24H,13-16H2. The van der Waals surface area contributed by atoms with E-state index < -0.39 is 0 Å². The minimum atomic E-state index is -0.366. The number of benzene rings is 3. The van der Waals surface area contributed by atoms with Gasteiger partial charge in [0.25, 0.3) is 0 Å². The van der Waals surface area contributed by atoms with Crippen molar-refractivity contribution < 1.29 is 18.7 Å². The molecule has 1 fully saturated rings. The van der Waals surface area contributed by atoms with Crippen LogP contribution < -0.4 is 0 Å². The number of fused-ring (bicyclic) bond motifs is 5. The van der Waals surface area contributed by atoms with Crippen LogP contribution in [0.2, 0.25) is 5.02 Å². The number of nitrogens with zero attached hydrogens (tertiary/aromatic N) is 1. The Bertz CT molecular complexity index is 1240. The van der Waals surface area contributed by atoms with Gasteiger partial charge in [0.2, 0.25) is 0 Å². The minimum Gasteiger partial charge on any atom is -0.448 e. The van der Waals surface area contributed by atoms with E-state index in [1.165, 1.54) is 28.3 Å². The van der Waals surface area contributed by atoms with E-state index in [4.69, 9.17) is 21.1 Å². The summed E-state index contributed by atoms with van der Waals surface area (Å²) in [4.78, 5) is 15.0. The van der Waals surface area contributed by atoms with Crippen LogP contribution in [0.4, 0.5) is 9.18 Å². The number of rotatable bonds is 3. The Labute approximate surface area is 202 Å². The first-order valence-electron chi connectivity index (χ1n) is 11.5. The number of morpholine rings is 1. The molecule has 2 atom stereocenters. The maximum atomic E-state index is 14.5. The first-order chi connectivity index (χ1) is 16.6. The zero-order valence-corrected chi connectivity index (χ0v) is 19.2. The maximum absolute atomic E-state index is 14.5. The van der Waals surface area contributed by atoms with E-state index in [1.54, 1.807) is 17.0 Å². The summed E-state index contributed by atoms with van der Waals surface area (Å²) in [5.41, 5.74) is 5.95. The molecule has 2 heterocycles. The number of ether oxygens (including phenoxy) is 2. The van der Waals surface area contributed by atoms with Crippen molar-refractivity contribution in [2.24, 2.45) is 0 Å². The Morgan fingerprint density at radius 1 is 1.00 bits per heavy atom. The van der Waals surface area contributed by atoms with Gasteiger partial charge in [0.1, 0.15) is 12.4 Å². The molecule has 6 rings (SSSR count). The van der Waals surface area contributed by atoms with Gasteiger partial charge >= 0.3 is 6.09 Å². The quantitative estimate of drug-likeness (QED) is 0.447. The van der Waals surface area contributed by atoms with Crippen molar-refractivity contribution in [2.75, 3.05) is 19.8 Å². The van der Waals surface area contributed by atoms with Gasteiger partial charge in [0, 0.05) is 11.5 Å². The lowest BCUT2D eigenvalue weighted by atomic mass is 9.90. The van der Waals surface area contributed by atoms with Crippen LogP contribution in [0.15, 0.2) is 72.8 Å². The summed E-state index contributed by atoms with van der Waals surface area (Å²) >= 11 is 6.31. The lowest BCUT2D eigenvalue weighted by molar-refractivity contribution is -0.0331. The predicted molar refractivity (Wildman–Crippen MR) is 129 cm³/mol. The summed E-state index contributed by atoms with van der Waals surface area (Å²) in [5.74, 6) is -0.354. The van der Waals surface area contributed by atoms with Crippen LogP contribution >= 0.6 is 11.6 Å². The highest BCUT2D eigenvalue weighted by Gasteiger charge is 2.40. The van der Waals surface area contributed by atoms with E-state index in [2.05, 4.69) is 24.3 Å². The van der Waals surface area contributed by atoms with Crippen molar-refractivity contribution in [2.45, 2.75) is 24.4 Å². The van der Waals surface area contributed by atoms with Crippen LogP contribution in [0.3, 0.4) is 0 Å². The molecule has 0 radical (unpaired) electrons. The molecule has 2 bridgehead atoms. The van der Waals surface area contributed by atoms with Crippen molar-refractivity contribution >= 4 is 23.3 Å². The van der Waals surface area contributed by atoms with E-state index in [1.807, 2.05) is 30.3 Å². The molecule has 3 aromatic rings. The molecule has 3 aliphatic rings. The average Bonchev–Trinajstić information content (AvgIpc) is 3.15. The van der Waals surface area contributed by atoms with E-state index in [0.29, 0.717) is 30.2 Å². The topological polar surface area (TPSA) is 38.8 Å². The van der Waals surface area contributed by atoms with E-state index in [0.717, 1.165) is 5.57 Å². The first-order valence-corrected chi connectivity index (χ1v) is 11.9. The second kappa shape index (κ2) is 8.57. The molecule has 4 nitrogen and oxygen atoms in total. The molecule has 2 aliphatic heterocycles. The average molecular weight is 476 g/mol. The van der Waals surface area contributed by atoms with Gasteiger partial charge < -0.3 is 9.47 Å². The number of hydrogen-bond donors (Lipinski definition) is 0. The summed E-state index contributed by atoms with van der Waals surface area (Å²) in [7, 11) is 0. The molecule has 0 saturated carbocycles. The summed E-state index contributed by atoms with van der Waals surface area (Å²) in [6, 6.07) is 20.7. The van der Waals surface area contributed by atoms with Crippen LogP contribution in [0, 0.1) is 5.82 Å². The van der Waals surface area contributed by atoms with E-state index >= 15 is 0 Å². The van der Waals surface area contributed by atoms with Crippen molar-refractivity contribution in [1.82, 2.24) is 4.90 Å². The molecule has 0 N–H and O–H groups in total. The molecule has 6 heteroatoms. The third-order valence-electron chi connectivity index (χ3n) is 7.03. The summed E-state index contributed by atoms with van der Waals surface area (Å²) < 4.78 is 26.2. The fourth-order valence-corrected chi connectivity index (χ4v) is 5.82. The molecule has 1 amide bonds. The Hall–Kier alpha value is -3.15. The molecule has 1 saturated heterocycles. The number of hydrogen-bond acceptors (Lipinski definition) is 3. The van der Waals surface area contributed by atoms with Gasteiger partial charge in [-0.05, 0) is 46.4 Å². The molecule has 2 unspecified atom stereocenters. The van der Waals surface area contributed by atoms with Gasteiger partial charge in [-0.25, -0.2) is 9.18 Å². The number of halogens is 2. The predicted octanol–water partition coefficient (Wildman–Crippen LogP) is 6.28. The molecule has 172 valence electrons. The van der Waals surface area contributed by atoms with E-state index in [-0.39, 0.29) is 36.5 Å². The van der Waals surface area contributed by atoms with Crippen LogP contribution in [0.1, 0.15) is 29.0 Å². The van der Waals surface area contributed by atoms with Gasteiger partial charge in [-0.1, -0.05) is 72.3 Å². The van der Waals surface area contributed by atoms with Gasteiger partial charge in [0.05, 0.1) is 30.3 Å².